The Balaban J connectivity index is 3.10. The molecule has 1 rings (SSSR count). The van der Waals surface area contributed by atoms with Crippen molar-refractivity contribution in [1.29, 1.82) is 0 Å². The highest BCUT2D eigenvalue weighted by molar-refractivity contribution is 7.71. The lowest BCUT2D eigenvalue weighted by molar-refractivity contribution is 0.0600. The number of halogens is 1. The van der Waals surface area contributed by atoms with Crippen molar-refractivity contribution in [1.82, 2.24) is 0 Å². The van der Waals surface area contributed by atoms with Crippen LogP contribution in [0, 0.1) is 0 Å². The van der Waals surface area contributed by atoms with Crippen molar-refractivity contribution in [3.05, 3.63) is 34.3 Å². The molecular weight excluding hydrogens is 240 g/mol. The first-order valence-corrected chi connectivity index (χ1v) is 5.77. The summed E-state index contributed by atoms with van der Waals surface area (Å²) >= 11 is 5.77. The van der Waals surface area contributed by atoms with Crippen LogP contribution in [-0.2, 0) is 21.2 Å². The van der Waals surface area contributed by atoms with Gasteiger partial charge in [0.05, 0.1) is 18.4 Å². The Morgan fingerprint density at radius 3 is 2.67 bits per heavy atom. The fourth-order valence-corrected chi connectivity index (χ4v) is 1.90. The quantitative estimate of drug-likeness (QED) is 0.646. The number of carbonyl (C=O) groups is 1. The van der Waals surface area contributed by atoms with Gasteiger partial charge in [0, 0.05) is 5.02 Å². The summed E-state index contributed by atoms with van der Waals surface area (Å²) in [5.74, 6) is -0.701. The Bertz CT molecular complexity index is 445. The highest BCUT2D eigenvalue weighted by Gasteiger charge is 2.09. The zero-order chi connectivity index (χ0) is 11.4. The van der Waals surface area contributed by atoms with Crippen molar-refractivity contribution in [3.8, 4) is 0 Å². The number of thiol groups is 1. The topological polar surface area (TPSA) is 60.4 Å². The maximum absolute atomic E-state index is 11.1. The van der Waals surface area contributed by atoms with Crippen molar-refractivity contribution in [2.45, 2.75) is 5.75 Å². The molecule has 1 aromatic carbocycles. The van der Waals surface area contributed by atoms with Gasteiger partial charge in [-0.3, -0.25) is 0 Å². The molecule has 0 unspecified atom stereocenters. The Morgan fingerprint density at radius 2 is 2.13 bits per heavy atom. The van der Waals surface area contributed by atoms with Crippen LogP contribution < -0.4 is 0 Å². The third kappa shape index (κ3) is 3.21. The zero-order valence-corrected chi connectivity index (χ0v) is 9.55. The van der Waals surface area contributed by atoms with Crippen LogP contribution in [0.15, 0.2) is 18.2 Å². The fraction of sp³-hybridized carbons (Fsp3) is 0.222. The highest BCUT2D eigenvalue weighted by atomic mass is 35.5. The van der Waals surface area contributed by atoms with E-state index in [0.717, 1.165) is 0 Å². The lowest BCUT2D eigenvalue weighted by Crippen LogP contribution is -2.02. The average Bonchev–Trinajstić information content (AvgIpc) is 2.19. The van der Waals surface area contributed by atoms with Crippen LogP contribution in [0.4, 0.5) is 0 Å². The van der Waals surface area contributed by atoms with E-state index in [0.29, 0.717) is 10.6 Å². The number of esters is 1. The molecule has 0 spiro atoms. The monoisotopic (exact) mass is 248 g/mol. The fourth-order valence-electron chi connectivity index (χ4n) is 1.08. The maximum atomic E-state index is 11.1. The molecule has 0 N–H and O–H groups in total. The first-order valence-electron chi connectivity index (χ1n) is 4.03. The SMILES string of the molecule is COC(=O)c1ccc(Cl)c(C[SH](=O)=O)c1. The van der Waals surface area contributed by atoms with Crippen LogP contribution in [0.1, 0.15) is 15.9 Å². The lowest BCUT2D eigenvalue weighted by Gasteiger charge is -2.03. The Morgan fingerprint density at radius 1 is 1.47 bits per heavy atom. The molecule has 0 radical (unpaired) electrons. The van der Waals surface area contributed by atoms with Gasteiger partial charge in [0.2, 0.25) is 0 Å². The molecule has 0 saturated carbocycles. The minimum Gasteiger partial charge on any atom is -0.465 e. The van der Waals surface area contributed by atoms with Gasteiger partial charge in [-0.15, -0.1) is 0 Å². The van der Waals surface area contributed by atoms with Crippen LogP contribution in [0.5, 0.6) is 0 Å². The first kappa shape index (κ1) is 12.0. The molecule has 0 aromatic heterocycles. The van der Waals surface area contributed by atoms with Crippen molar-refractivity contribution >= 4 is 28.3 Å². The molecule has 0 heterocycles. The number of carbonyl (C=O) groups excluding carboxylic acids is 1. The molecule has 1 aromatic rings. The summed E-state index contributed by atoms with van der Waals surface area (Å²) < 4.78 is 25.6. The predicted molar refractivity (Wildman–Crippen MR) is 56.8 cm³/mol. The normalized spacial score (nSPS) is 10.3. The Kier molecular flexibility index (Phi) is 4.11. The first-order chi connectivity index (χ1) is 7.04. The molecule has 0 atom stereocenters. The number of hydrogen-bond donors (Lipinski definition) is 1. The number of ether oxygens (including phenoxy) is 1. The van der Waals surface area contributed by atoms with E-state index in [9.17, 15) is 13.2 Å². The number of hydrogen-bond acceptors (Lipinski definition) is 4. The molecule has 6 heteroatoms. The summed E-state index contributed by atoms with van der Waals surface area (Å²) in [5, 5.41) is 0.321. The maximum Gasteiger partial charge on any atom is 0.337 e. The van der Waals surface area contributed by atoms with E-state index in [2.05, 4.69) is 4.74 Å². The van der Waals surface area contributed by atoms with Gasteiger partial charge >= 0.3 is 5.97 Å². The van der Waals surface area contributed by atoms with Crippen molar-refractivity contribution in [2.24, 2.45) is 0 Å². The minimum atomic E-state index is -2.57. The molecule has 82 valence electrons. The van der Waals surface area contributed by atoms with Gasteiger partial charge in [-0.05, 0) is 23.8 Å². The summed E-state index contributed by atoms with van der Waals surface area (Å²) in [6, 6.07) is 4.37. The van der Waals surface area contributed by atoms with Crippen LogP contribution in [-0.4, -0.2) is 21.5 Å². The molecule has 0 aliphatic rings. The van der Waals surface area contributed by atoms with Gasteiger partial charge in [0.1, 0.15) is 10.7 Å². The van der Waals surface area contributed by atoms with Crippen LogP contribution >= 0.6 is 11.6 Å². The smallest absolute Gasteiger partial charge is 0.337 e. The number of rotatable bonds is 3. The van der Waals surface area contributed by atoms with E-state index in [1.165, 1.54) is 25.3 Å². The predicted octanol–water partition coefficient (Wildman–Crippen LogP) is 1.24. The third-order valence-corrected chi connectivity index (χ3v) is 2.73. The summed E-state index contributed by atoms with van der Waals surface area (Å²) in [7, 11) is -1.31. The zero-order valence-electron chi connectivity index (χ0n) is 7.90. The number of benzene rings is 1. The van der Waals surface area contributed by atoms with Crippen LogP contribution in [0.3, 0.4) is 0 Å². The van der Waals surface area contributed by atoms with Gasteiger partial charge in [0.25, 0.3) is 0 Å². The molecule has 0 bridgehead atoms. The third-order valence-electron chi connectivity index (χ3n) is 1.77. The van der Waals surface area contributed by atoms with Gasteiger partial charge < -0.3 is 4.74 Å². The van der Waals surface area contributed by atoms with Gasteiger partial charge in [-0.25, -0.2) is 13.2 Å². The second-order valence-corrected chi connectivity index (χ2v) is 4.18. The molecule has 0 aliphatic heterocycles. The summed E-state index contributed by atoms with van der Waals surface area (Å²) in [6.45, 7) is 0. The Labute approximate surface area is 93.8 Å². The molecule has 0 amide bonds. The molecule has 4 nitrogen and oxygen atoms in total. The van der Waals surface area contributed by atoms with Crippen LogP contribution in [0.2, 0.25) is 5.02 Å². The summed E-state index contributed by atoms with van der Waals surface area (Å²) in [5.41, 5.74) is 0.685. The molecule has 15 heavy (non-hydrogen) atoms. The standard InChI is InChI=1S/C9H9ClO4S/c1-14-9(11)6-2-3-8(10)7(4-6)5-15(12)13/h2-4,15H,5H2,1H3. The van der Waals surface area contributed by atoms with Crippen LogP contribution in [0.25, 0.3) is 0 Å². The van der Waals surface area contributed by atoms with Gasteiger partial charge in [-0.2, -0.15) is 0 Å². The number of methoxy groups -OCH3 is 1. The highest BCUT2D eigenvalue weighted by Crippen LogP contribution is 2.18. The molecule has 0 aliphatic carbocycles. The molecule has 0 fully saturated rings. The van der Waals surface area contributed by atoms with Gasteiger partial charge in [-0.1, -0.05) is 11.6 Å². The molecular formula is C9H9ClO4S. The minimum absolute atomic E-state index is 0.182. The average molecular weight is 249 g/mol. The van der Waals surface area contributed by atoms with E-state index in [4.69, 9.17) is 11.6 Å². The van der Waals surface area contributed by atoms with E-state index < -0.39 is 16.7 Å². The second-order valence-electron chi connectivity index (χ2n) is 2.79. The Hall–Kier alpha value is -1.07. The summed E-state index contributed by atoms with van der Waals surface area (Å²) in [6.07, 6.45) is 0. The van der Waals surface area contributed by atoms with Gasteiger partial charge in [0.15, 0.2) is 0 Å². The van der Waals surface area contributed by atoms with E-state index in [-0.39, 0.29) is 11.3 Å². The largest absolute Gasteiger partial charge is 0.465 e. The summed E-state index contributed by atoms with van der Waals surface area (Å²) in [4.78, 5) is 11.1. The van der Waals surface area contributed by atoms with E-state index >= 15 is 0 Å². The van der Waals surface area contributed by atoms with E-state index in [1.807, 2.05) is 0 Å². The second kappa shape index (κ2) is 5.14. The van der Waals surface area contributed by atoms with Crippen molar-refractivity contribution < 1.29 is 17.9 Å². The van der Waals surface area contributed by atoms with E-state index in [1.54, 1.807) is 0 Å². The molecule has 0 saturated heterocycles. The van der Waals surface area contributed by atoms with Crippen molar-refractivity contribution in [3.63, 3.8) is 0 Å². The lowest BCUT2D eigenvalue weighted by atomic mass is 10.1. The van der Waals surface area contributed by atoms with Crippen molar-refractivity contribution in [2.75, 3.05) is 7.11 Å².